The fraction of sp³-hybridized carbons (Fsp3) is 0.222. The lowest BCUT2D eigenvalue weighted by Gasteiger charge is -2.06. The highest BCUT2D eigenvalue weighted by Crippen LogP contribution is 2.32. The summed E-state index contributed by atoms with van der Waals surface area (Å²) in [6, 6.07) is 7.82. The quantitative estimate of drug-likeness (QED) is 0.376. The number of non-ortho nitro benzene ring substituents is 1. The van der Waals surface area contributed by atoms with Crippen LogP contribution in [0.25, 0.3) is 10.6 Å². The standard InChI is InChI=1S/C18H19N7O3S/c1-11-16(29-18(21-11)24-15(26)6-3-8-19)14-7-9-20-17(23-14)22-12-4-2-5-13(10-12)25(27)28/h2,4-5,7,9-10H,3,6,8,19H2,1H3,(H,20,22,23)(H,21,24,26). The summed E-state index contributed by atoms with van der Waals surface area (Å²) in [5.41, 5.74) is 7.25. The molecule has 2 aromatic heterocycles. The Labute approximate surface area is 170 Å². The molecule has 29 heavy (non-hydrogen) atoms. The first-order chi connectivity index (χ1) is 14.0. The summed E-state index contributed by atoms with van der Waals surface area (Å²) in [5, 5.41) is 17.2. The second-order valence-corrected chi connectivity index (χ2v) is 7.07. The molecule has 0 radical (unpaired) electrons. The Bertz CT molecular complexity index is 1040. The van der Waals surface area contributed by atoms with Gasteiger partial charge in [0, 0.05) is 30.4 Å². The summed E-state index contributed by atoms with van der Waals surface area (Å²) in [5.74, 6) is 0.163. The number of carbonyl (C=O) groups is 1. The van der Waals surface area contributed by atoms with Crippen LogP contribution in [-0.2, 0) is 4.79 Å². The Morgan fingerprint density at radius 3 is 2.90 bits per heavy atom. The van der Waals surface area contributed by atoms with Gasteiger partial charge in [-0.15, -0.1) is 0 Å². The number of rotatable bonds is 8. The van der Waals surface area contributed by atoms with Gasteiger partial charge < -0.3 is 16.4 Å². The number of benzene rings is 1. The van der Waals surface area contributed by atoms with Crippen molar-refractivity contribution in [3.63, 3.8) is 0 Å². The molecule has 0 unspecified atom stereocenters. The number of carbonyl (C=O) groups excluding carboxylic acids is 1. The number of amides is 1. The molecule has 0 fully saturated rings. The number of aromatic nitrogens is 3. The van der Waals surface area contributed by atoms with E-state index in [9.17, 15) is 14.9 Å². The van der Waals surface area contributed by atoms with Gasteiger partial charge in [0.25, 0.3) is 5.69 Å². The zero-order chi connectivity index (χ0) is 20.8. The molecular formula is C18H19N7O3S. The number of hydrogen-bond acceptors (Lipinski definition) is 9. The van der Waals surface area contributed by atoms with Crippen molar-refractivity contribution >= 4 is 39.7 Å². The second-order valence-electron chi connectivity index (χ2n) is 6.07. The van der Waals surface area contributed by atoms with E-state index in [2.05, 4.69) is 25.6 Å². The van der Waals surface area contributed by atoms with E-state index in [0.29, 0.717) is 41.8 Å². The van der Waals surface area contributed by atoms with Gasteiger partial charge in [-0.05, 0) is 32.0 Å². The van der Waals surface area contributed by atoms with Crippen LogP contribution in [0.5, 0.6) is 0 Å². The van der Waals surface area contributed by atoms with E-state index in [1.54, 1.807) is 24.4 Å². The number of nitrogens with two attached hydrogens (primary N) is 1. The number of nitro groups is 1. The molecule has 10 nitrogen and oxygen atoms in total. The molecule has 1 aromatic carbocycles. The third kappa shape index (κ3) is 5.30. The molecule has 0 aliphatic rings. The molecule has 3 aromatic rings. The summed E-state index contributed by atoms with van der Waals surface area (Å²) in [6.45, 7) is 2.29. The Hall–Kier alpha value is -3.44. The Balaban J connectivity index is 1.78. The molecule has 0 aliphatic carbocycles. The van der Waals surface area contributed by atoms with Crippen molar-refractivity contribution in [1.82, 2.24) is 15.0 Å². The van der Waals surface area contributed by atoms with Crippen molar-refractivity contribution in [1.29, 1.82) is 0 Å². The van der Waals surface area contributed by atoms with Crippen LogP contribution in [0.15, 0.2) is 36.5 Å². The van der Waals surface area contributed by atoms with Crippen molar-refractivity contribution in [3.05, 3.63) is 52.3 Å². The number of thiazole rings is 1. The molecule has 0 spiro atoms. The van der Waals surface area contributed by atoms with Crippen molar-refractivity contribution in [2.24, 2.45) is 5.73 Å². The van der Waals surface area contributed by atoms with Crippen LogP contribution in [0.4, 0.5) is 22.5 Å². The highest BCUT2D eigenvalue weighted by molar-refractivity contribution is 7.19. The molecule has 0 atom stereocenters. The van der Waals surface area contributed by atoms with Crippen molar-refractivity contribution in [3.8, 4) is 10.6 Å². The van der Waals surface area contributed by atoms with Crippen molar-refractivity contribution < 1.29 is 9.72 Å². The summed E-state index contributed by atoms with van der Waals surface area (Å²) < 4.78 is 0. The molecule has 3 rings (SSSR count). The highest BCUT2D eigenvalue weighted by Gasteiger charge is 2.14. The first-order valence-electron chi connectivity index (χ1n) is 8.78. The Kier molecular flexibility index (Phi) is 6.42. The maximum atomic E-state index is 11.9. The lowest BCUT2D eigenvalue weighted by Crippen LogP contribution is -2.13. The van der Waals surface area contributed by atoms with E-state index < -0.39 is 4.92 Å². The van der Waals surface area contributed by atoms with Crippen LogP contribution in [-0.4, -0.2) is 32.3 Å². The van der Waals surface area contributed by atoms with Crippen molar-refractivity contribution in [2.45, 2.75) is 19.8 Å². The van der Waals surface area contributed by atoms with E-state index in [-0.39, 0.29) is 11.6 Å². The van der Waals surface area contributed by atoms with E-state index >= 15 is 0 Å². The summed E-state index contributed by atoms with van der Waals surface area (Å²) in [4.78, 5) is 36.1. The highest BCUT2D eigenvalue weighted by atomic mass is 32.1. The average Bonchev–Trinajstić information content (AvgIpc) is 3.06. The molecule has 0 aliphatic heterocycles. The topological polar surface area (TPSA) is 149 Å². The van der Waals surface area contributed by atoms with Crippen LogP contribution in [0.1, 0.15) is 18.5 Å². The number of aryl methyl sites for hydroxylation is 1. The lowest BCUT2D eigenvalue weighted by atomic mass is 10.3. The monoisotopic (exact) mass is 413 g/mol. The van der Waals surface area contributed by atoms with Crippen LogP contribution in [0.3, 0.4) is 0 Å². The van der Waals surface area contributed by atoms with Gasteiger partial charge in [0.05, 0.1) is 21.2 Å². The third-order valence-electron chi connectivity index (χ3n) is 3.85. The molecular weight excluding hydrogens is 394 g/mol. The number of hydrogen-bond donors (Lipinski definition) is 3. The van der Waals surface area contributed by atoms with E-state index in [1.807, 2.05) is 6.92 Å². The number of nitrogens with one attached hydrogen (secondary N) is 2. The predicted octanol–water partition coefficient (Wildman–Crippen LogP) is 3.24. The van der Waals surface area contributed by atoms with Crippen molar-refractivity contribution in [2.75, 3.05) is 17.2 Å². The Morgan fingerprint density at radius 1 is 1.31 bits per heavy atom. The number of nitro benzene ring substituents is 1. The van der Waals surface area contributed by atoms with E-state index in [4.69, 9.17) is 5.73 Å². The normalized spacial score (nSPS) is 10.6. The van der Waals surface area contributed by atoms with E-state index in [1.165, 1.54) is 23.5 Å². The third-order valence-corrected chi connectivity index (χ3v) is 4.95. The number of anilines is 3. The zero-order valence-corrected chi connectivity index (χ0v) is 16.4. The maximum absolute atomic E-state index is 11.9. The SMILES string of the molecule is Cc1nc(NC(=O)CCCN)sc1-c1ccnc(Nc2cccc([N+](=O)[O-])c2)n1. The van der Waals surface area contributed by atoms with Crippen LogP contribution < -0.4 is 16.4 Å². The van der Waals surface area contributed by atoms with Gasteiger partial charge >= 0.3 is 0 Å². The molecule has 0 bridgehead atoms. The molecule has 4 N–H and O–H groups in total. The number of nitrogens with zero attached hydrogens (tertiary/aromatic N) is 4. The van der Waals surface area contributed by atoms with Gasteiger partial charge in [0.15, 0.2) is 5.13 Å². The minimum absolute atomic E-state index is 0.0283. The van der Waals surface area contributed by atoms with E-state index in [0.717, 1.165) is 10.6 Å². The molecule has 1 amide bonds. The Morgan fingerprint density at radius 2 is 2.14 bits per heavy atom. The second kappa shape index (κ2) is 9.17. The van der Waals surface area contributed by atoms with Gasteiger partial charge in [-0.25, -0.2) is 15.0 Å². The maximum Gasteiger partial charge on any atom is 0.271 e. The van der Waals surface area contributed by atoms with Gasteiger partial charge in [-0.1, -0.05) is 17.4 Å². The van der Waals surface area contributed by atoms with Crippen LogP contribution >= 0.6 is 11.3 Å². The fourth-order valence-corrected chi connectivity index (χ4v) is 3.46. The predicted molar refractivity (Wildman–Crippen MR) is 111 cm³/mol. The minimum Gasteiger partial charge on any atom is -0.330 e. The average molecular weight is 413 g/mol. The molecule has 150 valence electrons. The lowest BCUT2D eigenvalue weighted by molar-refractivity contribution is -0.384. The first-order valence-corrected chi connectivity index (χ1v) is 9.60. The largest absolute Gasteiger partial charge is 0.330 e. The molecule has 2 heterocycles. The summed E-state index contributed by atoms with van der Waals surface area (Å²) >= 11 is 1.31. The molecule has 11 heteroatoms. The van der Waals surface area contributed by atoms with Gasteiger partial charge in [-0.2, -0.15) is 0 Å². The molecule has 0 saturated carbocycles. The first kappa shape index (κ1) is 20.3. The van der Waals surface area contributed by atoms with Crippen LogP contribution in [0, 0.1) is 17.0 Å². The smallest absolute Gasteiger partial charge is 0.271 e. The van der Waals surface area contributed by atoms with Crippen LogP contribution in [0.2, 0.25) is 0 Å². The zero-order valence-electron chi connectivity index (χ0n) is 15.6. The fourth-order valence-electron chi connectivity index (χ4n) is 2.50. The summed E-state index contributed by atoms with van der Waals surface area (Å²) in [6.07, 6.45) is 2.54. The molecule has 0 saturated heterocycles. The summed E-state index contributed by atoms with van der Waals surface area (Å²) in [7, 11) is 0. The minimum atomic E-state index is -0.466. The van der Waals surface area contributed by atoms with Gasteiger partial charge in [0.1, 0.15) is 0 Å². The van der Waals surface area contributed by atoms with Gasteiger partial charge in [-0.3, -0.25) is 14.9 Å². The van der Waals surface area contributed by atoms with Gasteiger partial charge in [0.2, 0.25) is 11.9 Å².